The summed E-state index contributed by atoms with van der Waals surface area (Å²) in [7, 11) is 0. The van der Waals surface area contributed by atoms with Gasteiger partial charge in [0.1, 0.15) is 11.9 Å². The van der Waals surface area contributed by atoms with Gasteiger partial charge >= 0.3 is 0 Å². The molecule has 0 saturated heterocycles. The van der Waals surface area contributed by atoms with Gasteiger partial charge in [0.15, 0.2) is 0 Å². The molecule has 1 unspecified atom stereocenters. The molecule has 1 aliphatic heterocycles. The first kappa shape index (κ1) is 34.7. The minimum absolute atomic E-state index is 0.262. The van der Waals surface area contributed by atoms with E-state index in [1.165, 1.54) is 32.7 Å². The number of benzene rings is 7. The van der Waals surface area contributed by atoms with Gasteiger partial charge in [-0.25, -0.2) is 4.52 Å². The molecular weight excluding hydrogens is 717 g/mol. The summed E-state index contributed by atoms with van der Waals surface area (Å²) in [5, 5.41) is 14.2. The van der Waals surface area contributed by atoms with Crippen molar-refractivity contribution in [2.45, 2.75) is 19.0 Å². The summed E-state index contributed by atoms with van der Waals surface area (Å²) in [6.45, 7) is 0. The SMILES string of the molecule is C1=CCCC(c2c(-c3cccc4ccccc34)nn3c(-c4ccccc4)c(-c4ccc(C5N=C(c6ccccc6)C=C(c6ccccc6)N5)cc4)c4ccccc4c23)=C1. The van der Waals surface area contributed by atoms with Gasteiger partial charge in [-0.1, -0.05) is 200 Å². The lowest BCUT2D eigenvalue weighted by Crippen LogP contribution is -2.24. The Hall–Kier alpha value is -7.56. The van der Waals surface area contributed by atoms with Gasteiger partial charge in [0, 0.05) is 33.3 Å². The first-order valence-electron chi connectivity index (χ1n) is 20.4. The third-order valence-electron chi connectivity index (χ3n) is 11.7. The number of hydrogen-bond donors (Lipinski definition) is 1. The molecule has 0 saturated carbocycles. The highest BCUT2D eigenvalue weighted by molar-refractivity contribution is 6.15. The normalized spacial score (nSPS) is 15.2. The van der Waals surface area contributed by atoms with Gasteiger partial charge in [-0.05, 0) is 62.9 Å². The Labute approximate surface area is 343 Å². The van der Waals surface area contributed by atoms with Crippen LogP contribution < -0.4 is 5.32 Å². The van der Waals surface area contributed by atoms with Gasteiger partial charge in [-0.15, -0.1) is 0 Å². The largest absolute Gasteiger partial charge is 0.360 e. The summed E-state index contributed by atoms with van der Waals surface area (Å²) >= 11 is 0. The second kappa shape index (κ2) is 14.7. The van der Waals surface area contributed by atoms with Gasteiger partial charge in [-0.2, -0.15) is 5.10 Å². The topological polar surface area (TPSA) is 41.7 Å². The van der Waals surface area contributed by atoms with E-state index in [1.54, 1.807) is 0 Å². The first-order valence-corrected chi connectivity index (χ1v) is 20.4. The fourth-order valence-corrected chi connectivity index (χ4v) is 8.94. The van der Waals surface area contributed by atoms with Crippen LogP contribution in [-0.4, -0.2) is 15.3 Å². The van der Waals surface area contributed by atoms with Crippen molar-refractivity contribution < 1.29 is 0 Å². The predicted octanol–water partition coefficient (Wildman–Crippen LogP) is 13.5. The Morgan fingerprint density at radius 3 is 1.92 bits per heavy atom. The number of hydrogen-bond acceptors (Lipinski definition) is 3. The van der Waals surface area contributed by atoms with Crippen molar-refractivity contribution in [2.24, 2.45) is 4.99 Å². The summed E-state index contributed by atoms with van der Waals surface area (Å²) in [5.41, 5.74) is 15.6. The van der Waals surface area contributed by atoms with Crippen LogP contribution in [0.5, 0.6) is 0 Å². The van der Waals surface area contributed by atoms with Gasteiger partial charge in [0.05, 0.1) is 16.9 Å². The molecule has 0 amide bonds. The molecule has 0 radical (unpaired) electrons. The van der Waals surface area contributed by atoms with Crippen LogP contribution in [0.4, 0.5) is 0 Å². The third kappa shape index (κ3) is 6.18. The lowest BCUT2D eigenvalue weighted by Gasteiger charge is -2.25. The lowest BCUT2D eigenvalue weighted by atomic mass is 9.88. The number of pyridine rings is 1. The third-order valence-corrected chi connectivity index (χ3v) is 11.7. The molecule has 2 aliphatic rings. The van der Waals surface area contributed by atoms with Gasteiger partial charge < -0.3 is 5.32 Å². The van der Waals surface area contributed by atoms with Gasteiger partial charge in [0.25, 0.3) is 0 Å². The van der Waals surface area contributed by atoms with Crippen LogP contribution in [0, 0.1) is 0 Å². The highest BCUT2D eigenvalue weighted by Gasteiger charge is 2.27. The van der Waals surface area contributed by atoms with Crippen LogP contribution in [0.1, 0.15) is 41.3 Å². The summed E-state index contributed by atoms with van der Waals surface area (Å²) in [5.74, 6) is 0. The maximum absolute atomic E-state index is 5.70. The van der Waals surface area contributed by atoms with Crippen molar-refractivity contribution in [3.63, 3.8) is 0 Å². The zero-order valence-electron chi connectivity index (χ0n) is 32.5. The van der Waals surface area contributed by atoms with Crippen molar-refractivity contribution in [1.29, 1.82) is 0 Å². The molecule has 7 aromatic carbocycles. The van der Waals surface area contributed by atoms with E-state index in [1.807, 2.05) is 6.07 Å². The van der Waals surface area contributed by atoms with Crippen LogP contribution in [0.3, 0.4) is 0 Å². The summed E-state index contributed by atoms with van der Waals surface area (Å²) < 4.78 is 2.25. The molecule has 11 rings (SSSR count). The summed E-state index contributed by atoms with van der Waals surface area (Å²) in [6.07, 6.45) is 10.6. The Morgan fingerprint density at radius 2 is 1.19 bits per heavy atom. The van der Waals surface area contributed by atoms with E-state index < -0.39 is 0 Å². The average molecular weight is 757 g/mol. The van der Waals surface area contributed by atoms with E-state index in [9.17, 15) is 0 Å². The summed E-state index contributed by atoms with van der Waals surface area (Å²) in [4.78, 5) is 5.27. The number of nitrogens with zero attached hydrogens (tertiary/aromatic N) is 3. The van der Waals surface area contributed by atoms with Crippen LogP contribution in [-0.2, 0) is 0 Å². The molecular formula is C55H40N4. The monoisotopic (exact) mass is 756 g/mol. The highest BCUT2D eigenvalue weighted by Crippen LogP contribution is 2.46. The fourth-order valence-electron chi connectivity index (χ4n) is 8.94. The Kier molecular flexibility index (Phi) is 8.66. The van der Waals surface area contributed by atoms with E-state index in [2.05, 4.69) is 210 Å². The second-order valence-corrected chi connectivity index (χ2v) is 15.3. The number of allylic oxidation sites excluding steroid dienone is 5. The molecule has 280 valence electrons. The molecule has 0 spiro atoms. The van der Waals surface area contributed by atoms with E-state index >= 15 is 0 Å². The Bertz CT molecular complexity index is 3150. The first-order chi connectivity index (χ1) is 29.3. The lowest BCUT2D eigenvalue weighted by molar-refractivity contribution is 0.664. The smallest absolute Gasteiger partial charge is 0.145 e. The Balaban J connectivity index is 1.14. The maximum Gasteiger partial charge on any atom is 0.145 e. The maximum atomic E-state index is 5.70. The van der Waals surface area contributed by atoms with E-state index in [0.29, 0.717) is 0 Å². The molecule has 3 heterocycles. The minimum atomic E-state index is -0.262. The molecule has 0 fully saturated rings. The average Bonchev–Trinajstić information content (AvgIpc) is 3.72. The molecule has 0 bridgehead atoms. The molecule has 4 heteroatoms. The molecule has 1 atom stereocenters. The minimum Gasteiger partial charge on any atom is -0.360 e. The standard InChI is InChI=1S/C55H40N4/c1-5-19-38(20-6-1)48-36-49(39-21-7-2-8-22-39)57-55(56-48)43-34-32-41(33-35-43)50-45-29-15-16-30-47(45)54-51(40-23-9-3-10-24-40)52(46-31-17-27-37-18-13-14-28-44(37)46)58-59(54)53(50)42-25-11-4-12-26-42/h1-9,11-23,25-36,55-56H,10,24H2. The number of rotatable bonds is 7. The second-order valence-electron chi connectivity index (χ2n) is 15.3. The van der Waals surface area contributed by atoms with Crippen LogP contribution in [0.2, 0.25) is 0 Å². The number of nitrogens with one attached hydrogen (secondary N) is 1. The number of aliphatic imine (C=N–C) groups is 1. The van der Waals surface area contributed by atoms with Crippen molar-refractivity contribution in [3.8, 4) is 33.6 Å². The molecule has 1 N–H and O–H groups in total. The van der Waals surface area contributed by atoms with Crippen LogP contribution in [0.15, 0.2) is 211 Å². The van der Waals surface area contributed by atoms with Crippen LogP contribution >= 0.6 is 0 Å². The van der Waals surface area contributed by atoms with Crippen LogP contribution in [0.25, 0.3) is 72.0 Å². The van der Waals surface area contributed by atoms with Crippen molar-refractivity contribution >= 4 is 44.0 Å². The molecule has 2 aromatic heterocycles. The zero-order valence-corrected chi connectivity index (χ0v) is 32.5. The van der Waals surface area contributed by atoms with Crippen molar-refractivity contribution in [3.05, 3.63) is 229 Å². The predicted molar refractivity (Wildman–Crippen MR) is 246 cm³/mol. The quantitative estimate of drug-likeness (QED) is 0.176. The molecule has 1 aliphatic carbocycles. The number of aromatic nitrogens is 2. The van der Waals surface area contributed by atoms with Gasteiger partial charge in [0.2, 0.25) is 0 Å². The number of fused-ring (bicyclic) bond motifs is 4. The van der Waals surface area contributed by atoms with Crippen molar-refractivity contribution in [2.75, 3.05) is 0 Å². The van der Waals surface area contributed by atoms with E-state index in [0.717, 1.165) is 80.1 Å². The van der Waals surface area contributed by atoms with Gasteiger partial charge in [-0.3, -0.25) is 4.99 Å². The zero-order chi connectivity index (χ0) is 39.1. The van der Waals surface area contributed by atoms with E-state index in [4.69, 9.17) is 10.1 Å². The van der Waals surface area contributed by atoms with Crippen molar-refractivity contribution in [1.82, 2.24) is 14.9 Å². The fraction of sp³-hybridized carbons (Fsp3) is 0.0545. The molecule has 9 aromatic rings. The highest BCUT2D eigenvalue weighted by atomic mass is 15.2. The molecule has 4 nitrogen and oxygen atoms in total. The molecule has 59 heavy (non-hydrogen) atoms. The Morgan fingerprint density at radius 1 is 0.542 bits per heavy atom. The van der Waals surface area contributed by atoms with E-state index in [-0.39, 0.29) is 6.17 Å². The summed E-state index contributed by atoms with van der Waals surface area (Å²) in [6, 6.07) is 64.9.